The van der Waals surface area contributed by atoms with Gasteiger partial charge in [-0.05, 0) is 31.4 Å². The van der Waals surface area contributed by atoms with Gasteiger partial charge >= 0.3 is 5.97 Å². The molecule has 0 aliphatic heterocycles. The Morgan fingerprint density at radius 3 is 2.95 bits per heavy atom. The summed E-state index contributed by atoms with van der Waals surface area (Å²) in [6.45, 7) is 0. The van der Waals surface area contributed by atoms with Gasteiger partial charge in [0.05, 0.1) is 11.6 Å². The lowest BCUT2D eigenvalue weighted by molar-refractivity contribution is -0.143. The molecule has 1 aromatic rings. The number of carboxylic acids is 1. The van der Waals surface area contributed by atoms with E-state index in [4.69, 9.17) is 5.11 Å². The van der Waals surface area contributed by atoms with Gasteiger partial charge in [0.1, 0.15) is 0 Å². The van der Waals surface area contributed by atoms with Crippen molar-refractivity contribution in [2.45, 2.75) is 31.7 Å². The first-order valence-electron chi connectivity index (χ1n) is 6.75. The third-order valence-electron chi connectivity index (χ3n) is 3.63. The van der Waals surface area contributed by atoms with Crippen LogP contribution in [0.25, 0.3) is 6.08 Å². The number of amides is 1. The zero-order valence-electron chi connectivity index (χ0n) is 11.5. The molecule has 0 spiro atoms. The number of carbonyl (C=O) groups is 2. The van der Waals surface area contributed by atoms with Crippen LogP contribution in [0, 0.1) is 5.92 Å². The molecule has 108 valence electrons. The lowest BCUT2D eigenvalue weighted by Crippen LogP contribution is -2.39. The van der Waals surface area contributed by atoms with E-state index >= 15 is 0 Å². The predicted molar refractivity (Wildman–Crippen MR) is 73.8 cm³/mol. The van der Waals surface area contributed by atoms with Gasteiger partial charge in [-0.3, -0.25) is 14.3 Å². The molecule has 0 bridgehead atoms. The van der Waals surface area contributed by atoms with E-state index in [-0.39, 0.29) is 17.9 Å². The van der Waals surface area contributed by atoms with Crippen LogP contribution >= 0.6 is 0 Å². The Balaban J connectivity index is 1.87. The van der Waals surface area contributed by atoms with Crippen LogP contribution in [0.5, 0.6) is 0 Å². The van der Waals surface area contributed by atoms with Gasteiger partial charge in [0.25, 0.3) is 0 Å². The zero-order chi connectivity index (χ0) is 14.5. The van der Waals surface area contributed by atoms with E-state index < -0.39 is 5.97 Å². The van der Waals surface area contributed by atoms with Crippen LogP contribution in [-0.2, 0) is 16.6 Å². The maximum atomic E-state index is 11.8. The van der Waals surface area contributed by atoms with Crippen LogP contribution in [0.2, 0.25) is 0 Å². The number of nitrogens with zero attached hydrogens (tertiary/aromatic N) is 2. The molecule has 1 amide bonds. The van der Waals surface area contributed by atoms with Crippen LogP contribution in [0.4, 0.5) is 0 Å². The minimum atomic E-state index is -0.769. The number of carboxylic acid groups (broad SMARTS) is 1. The quantitative estimate of drug-likeness (QED) is 0.810. The molecule has 1 fully saturated rings. The first kappa shape index (κ1) is 14.3. The number of rotatable bonds is 4. The Labute approximate surface area is 117 Å². The summed E-state index contributed by atoms with van der Waals surface area (Å²) < 4.78 is 1.67. The second-order valence-corrected chi connectivity index (χ2v) is 5.12. The van der Waals surface area contributed by atoms with E-state index in [1.807, 2.05) is 6.07 Å². The fraction of sp³-hybridized carbons (Fsp3) is 0.500. The Hall–Kier alpha value is -2.11. The average molecular weight is 277 g/mol. The van der Waals surface area contributed by atoms with Crippen molar-refractivity contribution in [2.24, 2.45) is 13.0 Å². The van der Waals surface area contributed by atoms with Crippen LogP contribution in [0.3, 0.4) is 0 Å². The Bertz CT molecular complexity index is 521. The van der Waals surface area contributed by atoms with Crippen LogP contribution in [-0.4, -0.2) is 32.8 Å². The maximum Gasteiger partial charge on any atom is 0.306 e. The SMILES string of the molecule is Cn1nccc1C=CC(=O)NC1CCCC(C(=O)O)C1. The van der Waals surface area contributed by atoms with E-state index in [9.17, 15) is 9.59 Å². The number of aliphatic carboxylic acids is 1. The average Bonchev–Trinajstić information content (AvgIpc) is 2.82. The molecule has 2 unspecified atom stereocenters. The molecular formula is C14H19N3O3. The number of aromatic nitrogens is 2. The normalized spacial score (nSPS) is 22.9. The lowest BCUT2D eigenvalue weighted by atomic mass is 9.86. The largest absolute Gasteiger partial charge is 0.481 e. The van der Waals surface area contributed by atoms with Crippen molar-refractivity contribution in [3.05, 3.63) is 24.0 Å². The van der Waals surface area contributed by atoms with E-state index in [0.717, 1.165) is 18.5 Å². The molecule has 6 heteroatoms. The topological polar surface area (TPSA) is 84.2 Å². The highest BCUT2D eigenvalue weighted by atomic mass is 16.4. The number of hydrogen-bond acceptors (Lipinski definition) is 3. The van der Waals surface area contributed by atoms with E-state index in [2.05, 4.69) is 10.4 Å². The van der Waals surface area contributed by atoms with E-state index in [1.165, 1.54) is 6.08 Å². The second kappa shape index (κ2) is 6.36. The molecule has 1 saturated carbocycles. The van der Waals surface area contributed by atoms with Gasteiger partial charge in [-0.1, -0.05) is 6.42 Å². The van der Waals surface area contributed by atoms with Gasteiger partial charge in [0.2, 0.25) is 5.91 Å². The molecule has 0 saturated heterocycles. The number of nitrogens with one attached hydrogen (secondary N) is 1. The summed E-state index contributed by atoms with van der Waals surface area (Å²) in [6, 6.07) is 1.76. The molecule has 20 heavy (non-hydrogen) atoms. The Morgan fingerprint density at radius 1 is 1.50 bits per heavy atom. The van der Waals surface area contributed by atoms with Gasteiger partial charge in [-0.25, -0.2) is 0 Å². The first-order chi connectivity index (χ1) is 9.56. The fourth-order valence-corrected chi connectivity index (χ4v) is 2.50. The zero-order valence-corrected chi connectivity index (χ0v) is 11.5. The molecular weight excluding hydrogens is 258 g/mol. The van der Waals surface area contributed by atoms with Crippen molar-refractivity contribution in [3.63, 3.8) is 0 Å². The molecule has 0 radical (unpaired) electrons. The van der Waals surface area contributed by atoms with Crippen molar-refractivity contribution in [1.29, 1.82) is 0 Å². The summed E-state index contributed by atoms with van der Waals surface area (Å²) in [7, 11) is 1.80. The van der Waals surface area contributed by atoms with Gasteiger partial charge < -0.3 is 10.4 Å². The molecule has 2 rings (SSSR count). The maximum absolute atomic E-state index is 11.8. The molecule has 1 heterocycles. The summed E-state index contributed by atoms with van der Waals surface area (Å²) in [4.78, 5) is 22.8. The van der Waals surface area contributed by atoms with Crippen molar-refractivity contribution < 1.29 is 14.7 Å². The number of carbonyl (C=O) groups excluding carboxylic acids is 1. The Morgan fingerprint density at radius 2 is 2.30 bits per heavy atom. The number of hydrogen-bond donors (Lipinski definition) is 2. The monoisotopic (exact) mass is 277 g/mol. The minimum absolute atomic E-state index is 0.0477. The highest BCUT2D eigenvalue weighted by molar-refractivity contribution is 5.91. The molecule has 2 atom stereocenters. The lowest BCUT2D eigenvalue weighted by Gasteiger charge is -2.26. The van der Waals surface area contributed by atoms with Crippen molar-refractivity contribution in [1.82, 2.24) is 15.1 Å². The van der Waals surface area contributed by atoms with Crippen LogP contribution in [0.1, 0.15) is 31.4 Å². The summed E-state index contributed by atoms with van der Waals surface area (Å²) in [5.74, 6) is -1.30. The van der Waals surface area contributed by atoms with Crippen LogP contribution in [0.15, 0.2) is 18.3 Å². The first-order valence-corrected chi connectivity index (χ1v) is 6.75. The molecule has 6 nitrogen and oxygen atoms in total. The van der Waals surface area contributed by atoms with Gasteiger partial charge in [0, 0.05) is 25.4 Å². The second-order valence-electron chi connectivity index (χ2n) is 5.12. The molecule has 2 N–H and O–H groups in total. The smallest absolute Gasteiger partial charge is 0.306 e. The molecule has 1 aliphatic rings. The van der Waals surface area contributed by atoms with Gasteiger partial charge in [-0.2, -0.15) is 5.10 Å². The summed E-state index contributed by atoms with van der Waals surface area (Å²) in [5.41, 5.74) is 0.840. The van der Waals surface area contributed by atoms with Gasteiger partial charge in [0.15, 0.2) is 0 Å². The minimum Gasteiger partial charge on any atom is -0.481 e. The number of aryl methyl sites for hydroxylation is 1. The van der Waals surface area contributed by atoms with E-state index in [0.29, 0.717) is 12.8 Å². The molecule has 0 aromatic carbocycles. The Kier molecular flexibility index (Phi) is 4.55. The van der Waals surface area contributed by atoms with E-state index in [1.54, 1.807) is 24.0 Å². The third-order valence-corrected chi connectivity index (χ3v) is 3.63. The predicted octanol–water partition coefficient (Wildman–Crippen LogP) is 1.19. The summed E-state index contributed by atoms with van der Waals surface area (Å²) in [6.07, 6.45) is 7.72. The standard InChI is InChI=1S/C14H19N3O3/c1-17-12(7-8-15-17)5-6-13(18)16-11-4-2-3-10(9-11)14(19)20/h5-8,10-11H,2-4,9H2,1H3,(H,16,18)(H,19,20). The highest BCUT2D eigenvalue weighted by Gasteiger charge is 2.27. The van der Waals surface area contributed by atoms with Crippen molar-refractivity contribution >= 4 is 18.0 Å². The van der Waals surface area contributed by atoms with Crippen molar-refractivity contribution in [2.75, 3.05) is 0 Å². The van der Waals surface area contributed by atoms with Gasteiger partial charge in [-0.15, -0.1) is 0 Å². The molecule has 1 aliphatic carbocycles. The fourth-order valence-electron chi connectivity index (χ4n) is 2.50. The van der Waals surface area contributed by atoms with Crippen molar-refractivity contribution in [3.8, 4) is 0 Å². The third kappa shape index (κ3) is 3.69. The van der Waals surface area contributed by atoms with Crippen LogP contribution < -0.4 is 5.32 Å². The summed E-state index contributed by atoms with van der Waals surface area (Å²) >= 11 is 0. The highest BCUT2D eigenvalue weighted by Crippen LogP contribution is 2.24. The molecule has 1 aromatic heterocycles. The summed E-state index contributed by atoms with van der Waals surface area (Å²) in [5, 5.41) is 15.9.